The van der Waals surface area contributed by atoms with Crippen molar-refractivity contribution < 1.29 is 31.1 Å². The fourth-order valence-electron chi connectivity index (χ4n) is 2.22. The summed E-state index contributed by atoms with van der Waals surface area (Å²) in [5.41, 5.74) is 0.324. The van der Waals surface area contributed by atoms with Gasteiger partial charge < -0.3 is 4.74 Å². The lowest BCUT2D eigenvalue weighted by atomic mass is 9.89. The molecule has 0 saturated heterocycles. The Bertz CT molecular complexity index is 289. The van der Waals surface area contributed by atoms with E-state index in [1.165, 1.54) is 0 Å². The predicted molar refractivity (Wildman–Crippen MR) is 78.2 cm³/mol. The second kappa shape index (κ2) is 9.74. The Balaban J connectivity index is 3.65. The fourth-order valence-corrected chi connectivity index (χ4v) is 2.22. The molecule has 0 aromatic carbocycles. The van der Waals surface area contributed by atoms with Gasteiger partial charge in [-0.15, -0.1) is 0 Å². The van der Waals surface area contributed by atoms with Crippen LogP contribution in [0.15, 0.2) is 0 Å². The molecule has 0 aliphatic rings. The lowest BCUT2D eigenvalue weighted by Crippen LogP contribution is -2.44. The lowest BCUT2D eigenvalue weighted by Gasteiger charge is -2.23. The molecule has 7 heteroatoms. The molecule has 0 unspecified atom stereocenters. The average molecular weight is 350 g/mol. The van der Waals surface area contributed by atoms with Gasteiger partial charge in [-0.3, -0.25) is 0 Å². The van der Waals surface area contributed by atoms with E-state index in [9.17, 15) is 26.3 Å². The van der Waals surface area contributed by atoms with Gasteiger partial charge >= 0.3 is 12.4 Å². The van der Waals surface area contributed by atoms with Crippen LogP contribution >= 0.6 is 0 Å². The van der Waals surface area contributed by atoms with Crippen molar-refractivity contribution in [2.45, 2.75) is 90.6 Å². The Hall–Kier alpha value is -0.460. The van der Waals surface area contributed by atoms with Gasteiger partial charge in [0.05, 0.1) is 0 Å². The van der Waals surface area contributed by atoms with Crippen LogP contribution in [0.1, 0.15) is 72.1 Å². The van der Waals surface area contributed by atoms with Crippen LogP contribution in [0.2, 0.25) is 0 Å². The van der Waals surface area contributed by atoms with Crippen molar-refractivity contribution in [1.82, 2.24) is 0 Å². The summed E-state index contributed by atoms with van der Waals surface area (Å²) in [6.45, 7) is 6.03. The van der Waals surface area contributed by atoms with Gasteiger partial charge in [0.2, 0.25) is 6.10 Å². The fraction of sp³-hybridized carbons (Fsp3) is 1.00. The number of ether oxygens (including phenoxy) is 1. The van der Waals surface area contributed by atoms with Gasteiger partial charge in [-0.2, -0.15) is 26.3 Å². The summed E-state index contributed by atoms with van der Waals surface area (Å²) in [5.74, 6) is 0. The summed E-state index contributed by atoms with van der Waals surface area (Å²) in [7, 11) is 0. The molecule has 0 heterocycles. The number of alkyl halides is 6. The van der Waals surface area contributed by atoms with E-state index in [4.69, 9.17) is 0 Å². The summed E-state index contributed by atoms with van der Waals surface area (Å²) in [4.78, 5) is 0. The molecule has 0 aromatic rings. The SMILES string of the molecule is CC(C)(C)CCCCCCCCCOC(C(F)(F)F)C(F)(F)F. The number of unbranched alkanes of at least 4 members (excludes halogenated alkanes) is 6. The van der Waals surface area contributed by atoms with E-state index in [-0.39, 0.29) is 6.42 Å². The Morgan fingerprint density at radius 3 is 1.43 bits per heavy atom. The summed E-state index contributed by atoms with van der Waals surface area (Å²) < 4.78 is 77.2. The minimum Gasteiger partial charge on any atom is -0.361 e. The first kappa shape index (κ1) is 22.5. The first-order chi connectivity index (χ1) is 10.3. The van der Waals surface area contributed by atoms with Crippen molar-refractivity contribution >= 4 is 0 Å². The van der Waals surface area contributed by atoms with Crippen LogP contribution in [-0.4, -0.2) is 25.1 Å². The van der Waals surface area contributed by atoms with Crippen molar-refractivity contribution in [2.24, 2.45) is 5.41 Å². The monoisotopic (exact) mass is 350 g/mol. The molecule has 0 N–H and O–H groups in total. The third kappa shape index (κ3) is 12.6. The molecule has 0 bridgehead atoms. The number of halogens is 6. The molecule has 0 atom stereocenters. The van der Waals surface area contributed by atoms with Gasteiger partial charge in [0.15, 0.2) is 0 Å². The van der Waals surface area contributed by atoms with E-state index in [2.05, 4.69) is 25.5 Å². The van der Waals surface area contributed by atoms with Crippen molar-refractivity contribution in [1.29, 1.82) is 0 Å². The van der Waals surface area contributed by atoms with E-state index in [0.29, 0.717) is 11.8 Å². The molecule has 23 heavy (non-hydrogen) atoms. The molecular weight excluding hydrogens is 322 g/mol. The summed E-state index contributed by atoms with van der Waals surface area (Å²) in [5, 5.41) is 0. The highest BCUT2D eigenvalue weighted by atomic mass is 19.4. The summed E-state index contributed by atoms with van der Waals surface area (Å²) in [6, 6.07) is 0. The van der Waals surface area contributed by atoms with E-state index in [1.54, 1.807) is 0 Å². The van der Waals surface area contributed by atoms with Gasteiger partial charge in [-0.1, -0.05) is 59.3 Å². The molecule has 0 saturated carbocycles. The Kier molecular flexibility index (Phi) is 9.55. The summed E-state index contributed by atoms with van der Waals surface area (Å²) in [6.07, 6.45) is -7.49. The first-order valence-corrected chi connectivity index (χ1v) is 8.09. The van der Waals surface area contributed by atoms with Gasteiger partial charge in [0.25, 0.3) is 0 Å². The van der Waals surface area contributed by atoms with Crippen molar-refractivity contribution in [3.8, 4) is 0 Å². The van der Waals surface area contributed by atoms with Crippen molar-refractivity contribution in [3.63, 3.8) is 0 Å². The maximum absolute atomic E-state index is 12.2. The maximum atomic E-state index is 12.2. The van der Waals surface area contributed by atoms with Crippen molar-refractivity contribution in [2.75, 3.05) is 6.61 Å². The molecule has 0 spiro atoms. The molecule has 1 nitrogen and oxygen atoms in total. The van der Waals surface area contributed by atoms with Gasteiger partial charge in [-0.05, 0) is 18.3 Å². The Morgan fingerprint density at radius 2 is 1.04 bits per heavy atom. The standard InChI is InChI=1S/C16H28F6O/c1-14(2,3)11-9-7-5-4-6-8-10-12-23-13(15(17,18)19)16(20,21)22/h13H,4-12H2,1-3H3. The summed E-state index contributed by atoms with van der Waals surface area (Å²) >= 11 is 0. The van der Waals surface area contributed by atoms with Crippen LogP contribution in [0.4, 0.5) is 26.3 Å². The van der Waals surface area contributed by atoms with E-state index in [0.717, 1.165) is 38.5 Å². The highest BCUT2D eigenvalue weighted by Gasteiger charge is 2.57. The quantitative estimate of drug-likeness (QED) is 0.316. The van der Waals surface area contributed by atoms with Crippen LogP contribution in [0.5, 0.6) is 0 Å². The highest BCUT2D eigenvalue weighted by Crippen LogP contribution is 2.35. The average Bonchev–Trinajstić information content (AvgIpc) is 2.31. The normalized spacial score (nSPS) is 13.8. The number of hydrogen-bond acceptors (Lipinski definition) is 1. The molecule has 140 valence electrons. The Morgan fingerprint density at radius 1 is 0.652 bits per heavy atom. The van der Waals surface area contributed by atoms with Crippen LogP contribution < -0.4 is 0 Å². The maximum Gasteiger partial charge on any atom is 0.423 e. The molecule has 0 rings (SSSR count). The second-order valence-corrected chi connectivity index (χ2v) is 7.12. The molecule has 0 aromatic heterocycles. The second-order valence-electron chi connectivity index (χ2n) is 7.12. The Labute approximate surface area is 134 Å². The largest absolute Gasteiger partial charge is 0.423 e. The van der Waals surface area contributed by atoms with Crippen LogP contribution in [0, 0.1) is 5.41 Å². The molecular formula is C16H28F6O. The van der Waals surface area contributed by atoms with E-state index < -0.39 is 25.1 Å². The zero-order valence-corrected chi connectivity index (χ0v) is 14.1. The minimum absolute atomic E-state index is 0.213. The topological polar surface area (TPSA) is 9.23 Å². The molecule has 0 aliphatic heterocycles. The van der Waals surface area contributed by atoms with Crippen LogP contribution in [0.25, 0.3) is 0 Å². The zero-order valence-electron chi connectivity index (χ0n) is 14.1. The molecule has 0 fully saturated rings. The predicted octanol–water partition coefficient (Wildman–Crippen LogP) is 6.66. The minimum atomic E-state index is -5.41. The van der Waals surface area contributed by atoms with E-state index >= 15 is 0 Å². The zero-order chi connectivity index (χ0) is 18.1. The molecule has 0 radical (unpaired) electrons. The molecule has 0 aliphatic carbocycles. The van der Waals surface area contributed by atoms with Crippen LogP contribution in [-0.2, 0) is 4.74 Å². The van der Waals surface area contributed by atoms with E-state index in [1.807, 2.05) is 0 Å². The van der Waals surface area contributed by atoms with Crippen molar-refractivity contribution in [3.05, 3.63) is 0 Å². The van der Waals surface area contributed by atoms with Gasteiger partial charge in [-0.25, -0.2) is 0 Å². The third-order valence-corrected chi connectivity index (χ3v) is 3.45. The molecule has 0 amide bonds. The number of hydrogen-bond donors (Lipinski definition) is 0. The lowest BCUT2D eigenvalue weighted by molar-refractivity contribution is -0.321. The van der Waals surface area contributed by atoms with Gasteiger partial charge in [0, 0.05) is 6.61 Å². The third-order valence-electron chi connectivity index (χ3n) is 3.45. The number of rotatable bonds is 10. The first-order valence-electron chi connectivity index (χ1n) is 8.09. The smallest absolute Gasteiger partial charge is 0.361 e. The highest BCUT2D eigenvalue weighted by molar-refractivity contribution is 4.75. The van der Waals surface area contributed by atoms with Gasteiger partial charge in [0.1, 0.15) is 0 Å². The van der Waals surface area contributed by atoms with Crippen LogP contribution in [0.3, 0.4) is 0 Å².